The van der Waals surface area contributed by atoms with E-state index < -0.39 is 0 Å². The second-order valence-corrected chi connectivity index (χ2v) is 5.63. The summed E-state index contributed by atoms with van der Waals surface area (Å²) in [5.41, 5.74) is 9.46. The molecule has 0 bridgehead atoms. The van der Waals surface area contributed by atoms with Crippen molar-refractivity contribution in [3.8, 4) is 11.5 Å². The van der Waals surface area contributed by atoms with Crippen LogP contribution in [0.4, 0.5) is 4.39 Å². The standard InChI is InChI=1S/C17H18FNO2/c1-9-5-11(6-10(2)17(9)20)16-8-14(19)13-7-12(18)3-4-15(13)21-16/h3-7,14,16,20H,8,19H2,1-2H3/t14-,16?/m1/s1. The van der Waals surface area contributed by atoms with Gasteiger partial charge in [-0.05, 0) is 60.9 Å². The van der Waals surface area contributed by atoms with Gasteiger partial charge in [-0.25, -0.2) is 4.39 Å². The van der Waals surface area contributed by atoms with Gasteiger partial charge in [-0.15, -0.1) is 0 Å². The van der Waals surface area contributed by atoms with Gasteiger partial charge in [-0.1, -0.05) is 0 Å². The lowest BCUT2D eigenvalue weighted by atomic mass is 9.92. The van der Waals surface area contributed by atoms with Gasteiger partial charge in [-0.3, -0.25) is 0 Å². The molecule has 0 aromatic heterocycles. The van der Waals surface area contributed by atoms with E-state index in [4.69, 9.17) is 10.5 Å². The predicted octanol–water partition coefficient (Wildman–Crippen LogP) is 3.67. The van der Waals surface area contributed by atoms with Gasteiger partial charge in [0, 0.05) is 18.0 Å². The topological polar surface area (TPSA) is 55.5 Å². The van der Waals surface area contributed by atoms with Crippen LogP contribution in [0, 0.1) is 19.7 Å². The number of halogens is 1. The van der Waals surface area contributed by atoms with Gasteiger partial charge in [0.25, 0.3) is 0 Å². The SMILES string of the molecule is Cc1cc(C2C[C@@H](N)c3cc(F)ccc3O2)cc(C)c1O. The Kier molecular flexibility index (Phi) is 3.33. The maximum atomic E-state index is 13.3. The molecule has 1 unspecified atom stereocenters. The van der Waals surface area contributed by atoms with E-state index in [1.54, 1.807) is 6.07 Å². The first-order valence-corrected chi connectivity index (χ1v) is 6.97. The lowest BCUT2D eigenvalue weighted by Gasteiger charge is -2.31. The molecule has 1 aliphatic heterocycles. The highest BCUT2D eigenvalue weighted by Gasteiger charge is 2.28. The summed E-state index contributed by atoms with van der Waals surface area (Å²) in [6.45, 7) is 3.72. The van der Waals surface area contributed by atoms with E-state index in [0.717, 1.165) is 16.7 Å². The molecule has 0 aliphatic carbocycles. The molecule has 0 fully saturated rings. The van der Waals surface area contributed by atoms with Gasteiger partial charge in [0.2, 0.25) is 0 Å². The average molecular weight is 287 g/mol. The number of aromatic hydroxyl groups is 1. The molecule has 2 atom stereocenters. The maximum absolute atomic E-state index is 13.3. The minimum absolute atomic E-state index is 0.184. The van der Waals surface area contributed by atoms with Crippen LogP contribution < -0.4 is 10.5 Å². The number of aryl methyl sites for hydroxylation is 2. The van der Waals surface area contributed by atoms with Crippen LogP contribution in [0.25, 0.3) is 0 Å². The minimum atomic E-state index is -0.303. The summed E-state index contributed by atoms with van der Waals surface area (Å²) in [5.74, 6) is 0.632. The van der Waals surface area contributed by atoms with Crippen molar-refractivity contribution in [1.29, 1.82) is 0 Å². The molecule has 0 spiro atoms. The Morgan fingerprint density at radius 1 is 1.19 bits per heavy atom. The van der Waals surface area contributed by atoms with Crippen molar-refractivity contribution < 1.29 is 14.2 Å². The normalized spacial score (nSPS) is 20.8. The van der Waals surface area contributed by atoms with Crippen molar-refractivity contribution in [2.75, 3.05) is 0 Å². The molecule has 0 saturated carbocycles. The molecule has 1 heterocycles. The molecule has 3 rings (SSSR count). The summed E-state index contributed by atoms with van der Waals surface area (Å²) >= 11 is 0. The number of phenolic OH excluding ortho intramolecular Hbond substituents is 1. The highest BCUT2D eigenvalue weighted by atomic mass is 19.1. The Morgan fingerprint density at radius 3 is 2.52 bits per heavy atom. The van der Waals surface area contributed by atoms with Gasteiger partial charge >= 0.3 is 0 Å². The molecule has 21 heavy (non-hydrogen) atoms. The first-order chi connectivity index (χ1) is 9.95. The minimum Gasteiger partial charge on any atom is -0.507 e. The Hall–Kier alpha value is -2.07. The smallest absolute Gasteiger partial charge is 0.126 e. The summed E-state index contributed by atoms with van der Waals surface area (Å²) in [6, 6.07) is 7.99. The number of rotatable bonds is 1. The van der Waals surface area contributed by atoms with Crippen molar-refractivity contribution in [2.45, 2.75) is 32.4 Å². The Balaban J connectivity index is 1.98. The number of phenols is 1. The third-order valence-corrected chi connectivity index (χ3v) is 3.99. The van der Waals surface area contributed by atoms with Crippen LogP contribution in [-0.2, 0) is 0 Å². The number of benzene rings is 2. The van der Waals surface area contributed by atoms with E-state index in [0.29, 0.717) is 23.5 Å². The van der Waals surface area contributed by atoms with Gasteiger partial charge in [-0.2, -0.15) is 0 Å². The number of ether oxygens (including phenoxy) is 1. The molecule has 0 radical (unpaired) electrons. The van der Waals surface area contributed by atoms with Crippen LogP contribution >= 0.6 is 0 Å². The van der Waals surface area contributed by atoms with E-state index in [9.17, 15) is 9.50 Å². The molecule has 4 heteroatoms. The maximum Gasteiger partial charge on any atom is 0.126 e. The van der Waals surface area contributed by atoms with Gasteiger partial charge in [0.05, 0.1) is 0 Å². The third kappa shape index (κ3) is 2.47. The van der Waals surface area contributed by atoms with Crippen LogP contribution in [-0.4, -0.2) is 5.11 Å². The van der Waals surface area contributed by atoms with E-state index in [1.165, 1.54) is 12.1 Å². The van der Waals surface area contributed by atoms with Crippen molar-refractivity contribution >= 4 is 0 Å². The van der Waals surface area contributed by atoms with Gasteiger partial charge in [0.1, 0.15) is 23.4 Å². The highest BCUT2D eigenvalue weighted by Crippen LogP contribution is 2.41. The second-order valence-electron chi connectivity index (χ2n) is 5.63. The van der Waals surface area contributed by atoms with Crippen LogP contribution in [0.1, 0.15) is 40.8 Å². The van der Waals surface area contributed by atoms with Crippen LogP contribution in [0.5, 0.6) is 11.5 Å². The second kappa shape index (κ2) is 5.04. The molecule has 2 aromatic carbocycles. The lowest BCUT2D eigenvalue weighted by Crippen LogP contribution is -2.24. The number of hydrogen-bond acceptors (Lipinski definition) is 3. The van der Waals surface area contributed by atoms with Crippen molar-refractivity contribution in [3.05, 3.63) is 58.4 Å². The van der Waals surface area contributed by atoms with E-state index in [1.807, 2.05) is 26.0 Å². The summed E-state index contributed by atoms with van der Waals surface area (Å²) < 4.78 is 19.3. The lowest BCUT2D eigenvalue weighted by molar-refractivity contribution is 0.161. The molecule has 110 valence electrons. The molecule has 0 saturated heterocycles. The van der Waals surface area contributed by atoms with Crippen molar-refractivity contribution in [3.63, 3.8) is 0 Å². The average Bonchev–Trinajstić information content (AvgIpc) is 2.44. The molecule has 1 aliphatic rings. The van der Waals surface area contributed by atoms with Crippen LogP contribution in [0.15, 0.2) is 30.3 Å². The van der Waals surface area contributed by atoms with Crippen molar-refractivity contribution in [1.82, 2.24) is 0 Å². The summed E-state index contributed by atoms with van der Waals surface area (Å²) in [7, 11) is 0. The fraction of sp³-hybridized carbons (Fsp3) is 0.294. The number of nitrogens with two attached hydrogens (primary N) is 1. The molecule has 3 nitrogen and oxygen atoms in total. The molecular formula is C17H18FNO2. The summed E-state index contributed by atoms with van der Waals surface area (Å²) in [6.07, 6.45) is 0.399. The van der Waals surface area contributed by atoms with E-state index >= 15 is 0 Å². The summed E-state index contributed by atoms with van der Waals surface area (Å²) in [4.78, 5) is 0. The first kappa shape index (κ1) is 13.9. The largest absolute Gasteiger partial charge is 0.507 e. The Labute approximate surface area is 123 Å². The Morgan fingerprint density at radius 2 is 1.86 bits per heavy atom. The van der Waals surface area contributed by atoms with Crippen LogP contribution in [0.3, 0.4) is 0 Å². The zero-order chi connectivity index (χ0) is 15.1. The van der Waals surface area contributed by atoms with Gasteiger partial charge < -0.3 is 15.6 Å². The molecule has 3 N–H and O–H groups in total. The Bertz CT molecular complexity index is 676. The zero-order valence-corrected chi connectivity index (χ0v) is 12.1. The first-order valence-electron chi connectivity index (χ1n) is 6.97. The number of hydrogen-bond donors (Lipinski definition) is 2. The van der Waals surface area contributed by atoms with Crippen molar-refractivity contribution in [2.24, 2.45) is 5.73 Å². The van der Waals surface area contributed by atoms with E-state index in [2.05, 4.69) is 0 Å². The number of fused-ring (bicyclic) bond motifs is 1. The monoisotopic (exact) mass is 287 g/mol. The van der Waals surface area contributed by atoms with Crippen LogP contribution in [0.2, 0.25) is 0 Å². The quantitative estimate of drug-likeness (QED) is 0.841. The highest BCUT2D eigenvalue weighted by molar-refractivity contribution is 5.45. The molecular weight excluding hydrogens is 269 g/mol. The van der Waals surface area contributed by atoms with E-state index in [-0.39, 0.29) is 18.0 Å². The predicted molar refractivity (Wildman–Crippen MR) is 78.9 cm³/mol. The third-order valence-electron chi connectivity index (χ3n) is 3.99. The van der Waals surface area contributed by atoms with Gasteiger partial charge in [0.15, 0.2) is 0 Å². The summed E-state index contributed by atoms with van der Waals surface area (Å²) in [5, 5.41) is 9.86. The fourth-order valence-electron chi connectivity index (χ4n) is 2.85. The zero-order valence-electron chi connectivity index (χ0n) is 12.1. The molecule has 2 aromatic rings. The fourth-order valence-corrected chi connectivity index (χ4v) is 2.85. The molecule has 0 amide bonds.